The molecule has 0 spiro atoms. The highest BCUT2D eigenvalue weighted by Gasteiger charge is 2.20. The van der Waals surface area contributed by atoms with Gasteiger partial charge in [-0.2, -0.15) is 0 Å². The maximum atomic E-state index is 12.9. The first-order valence-electron chi connectivity index (χ1n) is 8.60. The van der Waals surface area contributed by atoms with Crippen LogP contribution in [-0.2, 0) is 6.54 Å². The first-order valence-corrected chi connectivity index (χ1v) is 9.41. The number of amides is 1. The molecular weight excluding hydrogens is 354 g/mol. The molecule has 0 radical (unpaired) electrons. The van der Waals surface area contributed by atoms with E-state index in [2.05, 4.69) is 10.3 Å². The SMILES string of the molecule is O=C(NCc1ccncc1)c1sc(-c2ccccc2)nc1-c1ccccc1. The summed E-state index contributed by atoms with van der Waals surface area (Å²) in [6, 6.07) is 23.5. The lowest BCUT2D eigenvalue weighted by atomic mass is 10.1. The van der Waals surface area contributed by atoms with Crippen molar-refractivity contribution in [1.82, 2.24) is 15.3 Å². The molecular formula is C22H17N3OS. The molecule has 27 heavy (non-hydrogen) atoms. The van der Waals surface area contributed by atoms with Crippen molar-refractivity contribution in [2.45, 2.75) is 6.54 Å². The van der Waals surface area contributed by atoms with Gasteiger partial charge in [-0.25, -0.2) is 4.98 Å². The molecule has 1 N–H and O–H groups in total. The first-order chi connectivity index (χ1) is 13.3. The van der Waals surface area contributed by atoms with Crippen LogP contribution in [0.1, 0.15) is 15.2 Å². The van der Waals surface area contributed by atoms with Crippen LogP contribution in [0.2, 0.25) is 0 Å². The molecule has 132 valence electrons. The Hall–Kier alpha value is -3.31. The second-order valence-corrected chi connectivity index (χ2v) is 6.97. The summed E-state index contributed by atoms with van der Waals surface area (Å²) in [6.45, 7) is 0.453. The number of carbonyl (C=O) groups excluding carboxylic acids is 1. The van der Waals surface area contributed by atoms with Gasteiger partial charge in [-0.3, -0.25) is 9.78 Å². The van der Waals surface area contributed by atoms with Gasteiger partial charge in [0.15, 0.2) is 0 Å². The summed E-state index contributed by atoms with van der Waals surface area (Å²) >= 11 is 1.42. The third kappa shape index (κ3) is 3.93. The van der Waals surface area contributed by atoms with Crippen molar-refractivity contribution in [2.75, 3.05) is 0 Å². The van der Waals surface area contributed by atoms with Gasteiger partial charge in [0.05, 0.1) is 5.69 Å². The molecule has 0 unspecified atom stereocenters. The number of carbonyl (C=O) groups is 1. The Balaban J connectivity index is 1.67. The molecule has 2 aromatic heterocycles. The number of hydrogen-bond acceptors (Lipinski definition) is 4. The average Bonchev–Trinajstić information content (AvgIpc) is 3.20. The summed E-state index contributed by atoms with van der Waals surface area (Å²) in [5, 5.41) is 3.83. The highest BCUT2D eigenvalue weighted by molar-refractivity contribution is 7.17. The summed E-state index contributed by atoms with van der Waals surface area (Å²) in [7, 11) is 0. The van der Waals surface area contributed by atoms with Crippen LogP contribution < -0.4 is 5.32 Å². The predicted octanol–water partition coefficient (Wildman–Crippen LogP) is 4.80. The van der Waals surface area contributed by atoms with Gasteiger partial charge in [0.2, 0.25) is 0 Å². The third-order valence-corrected chi connectivity index (χ3v) is 5.21. The fourth-order valence-corrected chi connectivity index (χ4v) is 3.74. The minimum Gasteiger partial charge on any atom is -0.347 e. The van der Waals surface area contributed by atoms with E-state index in [9.17, 15) is 4.79 Å². The van der Waals surface area contributed by atoms with Crippen molar-refractivity contribution in [3.05, 3.63) is 95.6 Å². The monoisotopic (exact) mass is 371 g/mol. The van der Waals surface area contributed by atoms with Crippen molar-refractivity contribution in [2.24, 2.45) is 0 Å². The average molecular weight is 371 g/mol. The first kappa shape index (κ1) is 17.1. The summed E-state index contributed by atoms with van der Waals surface area (Å²) < 4.78 is 0. The second-order valence-electron chi connectivity index (χ2n) is 5.97. The van der Waals surface area contributed by atoms with E-state index in [0.29, 0.717) is 17.1 Å². The third-order valence-electron chi connectivity index (χ3n) is 4.10. The molecule has 0 aliphatic carbocycles. The molecule has 2 heterocycles. The van der Waals surface area contributed by atoms with Gasteiger partial charge in [-0.15, -0.1) is 11.3 Å². The molecule has 4 nitrogen and oxygen atoms in total. The molecule has 0 atom stereocenters. The van der Waals surface area contributed by atoms with E-state index in [4.69, 9.17) is 4.98 Å². The van der Waals surface area contributed by atoms with Gasteiger partial charge in [0, 0.05) is 30.1 Å². The van der Waals surface area contributed by atoms with E-state index in [-0.39, 0.29) is 5.91 Å². The molecule has 0 aliphatic heterocycles. The van der Waals surface area contributed by atoms with Crippen LogP contribution in [0.25, 0.3) is 21.8 Å². The largest absolute Gasteiger partial charge is 0.347 e. The molecule has 4 rings (SSSR count). The van der Waals surface area contributed by atoms with Crippen LogP contribution in [0.4, 0.5) is 0 Å². The molecule has 2 aromatic carbocycles. The van der Waals surface area contributed by atoms with E-state index in [1.807, 2.05) is 72.8 Å². The van der Waals surface area contributed by atoms with Crippen LogP contribution in [0.5, 0.6) is 0 Å². The Bertz CT molecular complexity index is 1030. The molecule has 1 amide bonds. The molecule has 0 saturated carbocycles. The Kier molecular flexibility index (Phi) is 5.03. The molecule has 4 aromatic rings. The van der Waals surface area contributed by atoms with Crippen molar-refractivity contribution in [3.8, 4) is 21.8 Å². The summed E-state index contributed by atoms with van der Waals surface area (Å²) in [4.78, 5) is 22.3. The lowest BCUT2D eigenvalue weighted by Gasteiger charge is -2.05. The van der Waals surface area contributed by atoms with Crippen LogP contribution >= 0.6 is 11.3 Å². The number of nitrogens with one attached hydrogen (secondary N) is 1. The lowest BCUT2D eigenvalue weighted by Crippen LogP contribution is -2.22. The van der Waals surface area contributed by atoms with E-state index in [1.54, 1.807) is 12.4 Å². The normalized spacial score (nSPS) is 10.5. The Morgan fingerprint density at radius 1 is 0.852 bits per heavy atom. The molecule has 0 fully saturated rings. The van der Waals surface area contributed by atoms with Crippen LogP contribution in [-0.4, -0.2) is 15.9 Å². The maximum absolute atomic E-state index is 12.9. The van der Waals surface area contributed by atoms with Crippen molar-refractivity contribution in [1.29, 1.82) is 0 Å². The van der Waals surface area contributed by atoms with Crippen LogP contribution in [0.3, 0.4) is 0 Å². The standard InChI is InChI=1S/C22H17N3OS/c26-21(24-15-16-11-13-23-14-12-16)20-19(17-7-3-1-4-8-17)25-22(27-20)18-9-5-2-6-10-18/h1-14H,15H2,(H,24,26). The Morgan fingerprint density at radius 3 is 2.15 bits per heavy atom. The number of benzene rings is 2. The molecule has 0 aliphatic rings. The van der Waals surface area contributed by atoms with Gasteiger partial charge < -0.3 is 5.32 Å². The zero-order chi connectivity index (χ0) is 18.5. The number of nitrogens with zero attached hydrogens (tertiary/aromatic N) is 2. The van der Waals surface area contributed by atoms with Gasteiger partial charge in [0.1, 0.15) is 9.88 Å². The van der Waals surface area contributed by atoms with Crippen LogP contribution in [0.15, 0.2) is 85.2 Å². The van der Waals surface area contributed by atoms with Crippen LogP contribution in [0, 0.1) is 0 Å². The number of rotatable bonds is 5. The summed E-state index contributed by atoms with van der Waals surface area (Å²) in [5.74, 6) is -0.120. The summed E-state index contributed by atoms with van der Waals surface area (Å²) in [5.41, 5.74) is 3.66. The van der Waals surface area contributed by atoms with Crippen molar-refractivity contribution < 1.29 is 4.79 Å². The van der Waals surface area contributed by atoms with Gasteiger partial charge >= 0.3 is 0 Å². The maximum Gasteiger partial charge on any atom is 0.263 e. The van der Waals surface area contributed by atoms with E-state index >= 15 is 0 Å². The van der Waals surface area contributed by atoms with Gasteiger partial charge in [-0.1, -0.05) is 60.7 Å². The smallest absolute Gasteiger partial charge is 0.263 e. The zero-order valence-electron chi connectivity index (χ0n) is 14.5. The second kappa shape index (κ2) is 7.93. The number of hydrogen-bond donors (Lipinski definition) is 1. The fourth-order valence-electron chi connectivity index (χ4n) is 2.73. The highest BCUT2D eigenvalue weighted by atomic mass is 32.1. The van der Waals surface area contributed by atoms with Crippen molar-refractivity contribution >= 4 is 17.2 Å². The zero-order valence-corrected chi connectivity index (χ0v) is 15.3. The molecule has 0 bridgehead atoms. The van der Waals surface area contributed by atoms with Gasteiger partial charge in [0.25, 0.3) is 5.91 Å². The Morgan fingerprint density at radius 2 is 1.48 bits per heavy atom. The fraction of sp³-hybridized carbons (Fsp3) is 0.0455. The minimum absolute atomic E-state index is 0.120. The topological polar surface area (TPSA) is 54.9 Å². The summed E-state index contributed by atoms with van der Waals surface area (Å²) in [6.07, 6.45) is 3.44. The molecule has 0 saturated heterocycles. The van der Waals surface area contributed by atoms with Gasteiger partial charge in [-0.05, 0) is 17.7 Å². The van der Waals surface area contributed by atoms with E-state index in [1.165, 1.54) is 11.3 Å². The predicted molar refractivity (Wildman–Crippen MR) is 108 cm³/mol. The number of aromatic nitrogens is 2. The number of thiazole rings is 1. The lowest BCUT2D eigenvalue weighted by molar-refractivity contribution is 0.0955. The molecule has 5 heteroatoms. The van der Waals surface area contributed by atoms with Crippen molar-refractivity contribution in [3.63, 3.8) is 0 Å². The Labute approximate surface area is 161 Å². The minimum atomic E-state index is -0.120. The van der Waals surface area contributed by atoms with E-state index < -0.39 is 0 Å². The highest BCUT2D eigenvalue weighted by Crippen LogP contribution is 2.33. The quantitative estimate of drug-likeness (QED) is 0.548. The van der Waals surface area contributed by atoms with E-state index in [0.717, 1.165) is 21.7 Å². The number of pyridine rings is 1.